The first-order valence-electron chi connectivity index (χ1n) is 9.65. The number of fused-ring (bicyclic) bond motifs is 1. The molecule has 3 aromatic rings. The Morgan fingerprint density at radius 2 is 1.62 bits per heavy atom. The van der Waals surface area contributed by atoms with E-state index in [1.54, 1.807) is 4.68 Å². The number of para-hydroxylation sites is 1. The lowest BCUT2D eigenvalue weighted by molar-refractivity contribution is 0.367. The summed E-state index contributed by atoms with van der Waals surface area (Å²) in [5.41, 5.74) is 15.1. The van der Waals surface area contributed by atoms with Gasteiger partial charge in [-0.3, -0.25) is 0 Å². The SMILES string of the molecule is Cc1cc(C)c(C)c([C@H]2C(C#N)=C(N)Oc3c2c(C)nn3-c2ccccc2)c1C. The quantitative estimate of drug-likeness (QED) is 0.699. The molecular weight excluding hydrogens is 360 g/mol. The van der Waals surface area contributed by atoms with Crippen molar-refractivity contribution in [1.82, 2.24) is 9.78 Å². The predicted octanol–water partition coefficient (Wildman–Crippen LogP) is 4.63. The minimum atomic E-state index is -0.306. The van der Waals surface area contributed by atoms with Gasteiger partial charge in [0, 0.05) is 0 Å². The summed E-state index contributed by atoms with van der Waals surface area (Å²) < 4.78 is 7.74. The highest BCUT2D eigenvalue weighted by atomic mass is 16.5. The number of nitrogens with zero attached hydrogens (tertiary/aromatic N) is 3. The van der Waals surface area contributed by atoms with Crippen LogP contribution >= 0.6 is 0 Å². The van der Waals surface area contributed by atoms with E-state index in [-0.39, 0.29) is 11.8 Å². The smallest absolute Gasteiger partial charge is 0.229 e. The van der Waals surface area contributed by atoms with Crippen molar-refractivity contribution >= 4 is 0 Å². The second kappa shape index (κ2) is 6.82. The van der Waals surface area contributed by atoms with Crippen LogP contribution in [0.25, 0.3) is 5.69 Å². The molecule has 2 aromatic carbocycles. The zero-order valence-corrected chi connectivity index (χ0v) is 17.4. The van der Waals surface area contributed by atoms with Crippen molar-refractivity contribution in [3.05, 3.63) is 86.9 Å². The van der Waals surface area contributed by atoms with Crippen LogP contribution in [0.5, 0.6) is 5.88 Å². The highest BCUT2D eigenvalue weighted by Crippen LogP contribution is 2.47. The number of allylic oxidation sites excluding steroid dienone is 1. The van der Waals surface area contributed by atoms with Crippen molar-refractivity contribution in [3.63, 3.8) is 0 Å². The molecule has 0 bridgehead atoms. The summed E-state index contributed by atoms with van der Waals surface area (Å²) in [6.07, 6.45) is 0. The molecule has 0 fully saturated rings. The maximum absolute atomic E-state index is 9.96. The minimum absolute atomic E-state index is 0.139. The van der Waals surface area contributed by atoms with Crippen LogP contribution in [0.1, 0.15) is 45.0 Å². The number of benzene rings is 2. The lowest BCUT2D eigenvalue weighted by Crippen LogP contribution is -2.23. The number of nitrogens with two attached hydrogens (primary N) is 1. The van der Waals surface area contributed by atoms with Gasteiger partial charge in [-0.1, -0.05) is 24.3 Å². The fraction of sp³-hybridized carbons (Fsp3) is 0.250. The van der Waals surface area contributed by atoms with Gasteiger partial charge in [0.1, 0.15) is 11.6 Å². The molecule has 0 saturated carbocycles. The average Bonchev–Trinajstić information content (AvgIpc) is 3.03. The molecule has 0 aliphatic carbocycles. The Kier molecular flexibility index (Phi) is 4.43. The van der Waals surface area contributed by atoms with Crippen LogP contribution in [0.4, 0.5) is 0 Å². The van der Waals surface area contributed by atoms with E-state index in [0.29, 0.717) is 11.5 Å². The second-order valence-electron chi connectivity index (χ2n) is 7.65. The summed E-state index contributed by atoms with van der Waals surface area (Å²) in [6.45, 7) is 10.4. The van der Waals surface area contributed by atoms with E-state index < -0.39 is 0 Å². The van der Waals surface area contributed by atoms with Crippen LogP contribution in [0.3, 0.4) is 0 Å². The number of nitriles is 1. The van der Waals surface area contributed by atoms with Gasteiger partial charge in [-0.25, -0.2) is 4.68 Å². The Bertz CT molecular complexity index is 1170. The third-order valence-corrected chi connectivity index (χ3v) is 5.95. The predicted molar refractivity (Wildman–Crippen MR) is 113 cm³/mol. The van der Waals surface area contributed by atoms with Crippen molar-refractivity contribution in [2.45, 2.75) is 40.5 Å². The zero-order chi connectivity index (χ0) is 20.9. The van der Waals surface area contributed by atoms with Gasteiger partial charge in [-0.15, -0.1) is 0 Å². The van der Waals surface area contributed by atoms with E-state index in [0.717, 1.165) is 22.5 Å². The Balaban J connectivity index is 2.06. The Hall–Kier alpha value is -3.52. The normalized spacial score (nSPS) is 15.7. The fourth-order valence-electron chi connectivity index (χ4n) is 4.23. The average molecular weight is 384 g/mol. The molecule has 0 unspecified atom stereocenters. The van der Waals surface area contributed by atoms with Gasteiger partial charge in [0.2, 0.25) is 11.8 Å². The monoisotopic (exact) mass is 384 g/mol. The first kappa shape index (κ1) is 18.8. The molecule has 0 saturated heterocycles. The highest BCUT2D eigenvalue weighted by Gasteiger charge is 2.37. The van der Waals surface area contributed by atoms with Crippen molar-refractivity contribution in [3.8, 4) is 17.6 Å². The van der Waals surface area contributed by atoms with E-state index in [4.69, 9.17) is 15.6 Å². The molecule has 146 valence electrons. The standard InChI is InChI=1S/C24H24N4O/c1-13-11-14(2)16(4)20(15(13)3)22-19(12-25)23(26)29-24-21(22)17(5)27-28(24)18-9-7-6-8-10-18/h6-11,22H,26H2,1-5H3/t22-/m1/s1. The van der Waals surface area contributed by atoms with Crippen molar-refractivity contribution in [1.29, 1.82) is 5.26 Å². The molecule has 5 heteroatoms. The molecule has 5 nitrogen and oxygen atoms in total. The minimum Gasteiger partial charge on any atom is -0.422 e. The van der Waals surface area contributed by atoms with E-state index in [1.165, 1.54) is 22.3 Å². The second-order valence-corrected chi connectivity index (χ2v) is 7.65. The van der Waals surface area contributed by atoms with Crippen LogP contribution in [-0.2, 0) is 0 Å². The number of ether oxygens (including phenoxy) is 1. The third-order valence-electron chi connectivity index (χ3n) is 5.95. The molecule has 0 spiro atoms. The fourth-order valence-corrected chi connectivity index (χ4v) is 4.23. The maximum Gasteiger partial charge on any atom is 0.229 e. The highest BCUT2D eigenvalue weighted by molar-refractivity contribution is 5.61. The molecule has 4 rings (SSSR count). The van der Waals surface area contributed by atoms with Gasteiger partial charge in [-0.2, -0.15) is 10.4 Å². The van der Waals surface area contributed by atoms with Crippen LogP contribution in [-0.4, -0.2) is 9.78 Å². The molecule has 1 aliphatic heterocycles. The molecule has 2 heterocycles. The van der Waals surface area contributed by atoms with Gasteiger partial charge in [0.25, 0.3) is 0 Å². The molecule has 1 aliphatic rings. The van der Waals surface area contributed by atoms with Gasteiger partial charge in [-0.05, 0) is 74.6 Å². The molecule has 29 heavy (non-hydrogen) atoms. The molecule has 0 amide bonds. The van der Waals surface area contributed by atoms with E-state index in [2.05, 4.69) is 39.8 Å². The molecular formula is C24H24N4O. The maximum atomic E-state index is 9.96. The summed E-state index contributed by atoms with van der Waals surface area (Å²) >= 11 is 0. The molecule has 2 N–H and O–H groups in total. The number of aryl methyl sites for hydroxylation is 3. The molecule has 0 radical (unpaired) electrons. The van der Waals surface area contributed by atoms with E-state index in [9.17, 15) is 5.26 Å². The van der Waals surface area contributed by atoms with Crippen LogP contribution < -0.4 is 10.5 Å². The summed E-state index contributed by atoms with van der Waals surface area (Å²) in [5.74, 6) is 0.410. The van der Waals surface area contributed by atoms with Gasteiger partial charge in [0.05, 0.1) is 22.9 Å². The largest absolute Gasteiger partial charge is 0.422 e. The Morgan fingerprint density at radius 1 is 1.00 bits per heavy atom. The lowest BCUT2D eigenvalue weighted by Gasteiger charge is -2.28. The number of hydrogen-bond donors (Lipinski definition) is 1. The van der Waals surface area contributed by atoms with Gasteiger partial charge in [0.15, 0.2) is 0 Å². The van der Waals surface area contributed by atoms with Crippen LogP contribution in [0.2, 0.25) is 0 Å². The zero-order valence-electron chi connectivity index (χ0n) is 17.4. The van der Waals surface area contributed by atoms with Crippen LogP contribution in [0.15, 0.2) is 47.9 Å². The van der Waals surface area contributed by atoms with Crippen molar-refractivity contribution in [2.24, 2.45) is 5.73 Å². The third kappa shape index (κ3) is 2.80. The van der Waals surface area contributed by atoms with Crippen molar-refractivity contribution in [2.75, 3.05) is 0 Å². The van der Waals surface area contributed by atoms with Crippen molar-refractivity contribution < 1.29 is 4.74 Å². The van der Waals surface area contributed by atoms with E-state index >= 15 is 0 Å². The number of hydrogen-bond acceptors (Lipinski definition) is 4. The number of aromatic nitrogens is 2. The summed E-state index contributed by atoms with van der Waals surface area (Å²) in [6, 6.07) is 14.3. The van der Waals surface area contributed by atoms with Gasteiger partial charge < -0.3 is 10.5 Å². The van der Waals surface area contributed by atoms with Gasteiger partial charge >= 0.3 is 0 Å². The lowest BCUT2D eigenvalue weighted by atomic mass is 9.78. The number of rotatable bonds is 2. The Labute approximate surface area is 171 Å². The summed E-state index contributed by atoms with van der Waals surface area (Å²) in [7, 11) is 0. The van der Waals surface area contributed by atoms with Crippen LogP contribution in [0, 0.1) is 45.9 Å². The molecule has 1 aromatic heterocycles. The summed E-state index contributed by atoms with van der Waals surface area (Å²) in [4.78, 5) is 0. The first-order chi connectivity index (χ1) is 13.8. The molecule has 1 atom stereocenters. The van der Waals surface area contributed by atoms with E-state index in [1.807, 2.05) is 37.3 Å². The topological polar surface area (TPSA) is 76.9 Å². The Morgan fingerprint density at radius 3 is 2.21 bits per heavy atom. The first-order valence-corrected chi connectivity index (χ1v) is 9.65. The summed E-state index contributed by atoms with van der Waals surface area (Å²) in [5, 5.41) is 14.7.